The van der Waals surface area contributed by atoms with Gasteiger partial charge < -0.3 is 26.3 Å². The van der Waals surface area contributed by atoms with Gasteiger partial charge in [-0.2, -0.15) is 0 Å². The summed E-state index contributed by atoms with van der Waals surface area (Å²) in [6, 6.07) is 4.68. The standard InChI is InChI=1S/C21H24N6O4/c22-18(28)17-6-3-7-27(17)21(31)16(9-13-10-23-11-24-13)26-20(30)15-8-12-4-1-2-5-14(12)19(29)25-15/h1-2,4-5,10-11,15-17H,3,6-9H2,(H2,22,28)(H,23,24)(H,25,29)(H,26,30)/t15-,16-,17-/m0/s1. The number of nitrogens with two attached hydrogens (primary N) is 1. The van der Waals surface area contributed by atoms with Crippen molar-refractivity contribution in [3.8, 4) is 0 Å². The zero-order valence-electron chi connectivity index (χ0n) is 16.8. The number of fused-ring (bicyclic) bond motifs is 1. The summed E-state index contributed by atoms with van der Waals surface area (Å²) in [4.78, 5) is 58.7. The number of hydrogen-bond donors (Lipinski definition) is 4. The average Bonchev–Trinajstić information content (AvgIpc) is 3.45. The van der Waals surface area contributed by atoms with Crippen LogP contribution in [-0.2, 0) is 27.2 Å². The monoisotopic (exact) mass is 424 g/mol. The molecule has 2 aliphatic rings. The topological polar surface area (TPSA) is 150 Å². The zero-order chi connectivity index (χ0) is 22.0. The molecule has 5 N–H and O–H groups in total. The van der Waals surface area contributed by atoms with Gasteiger partial charge in [0.15, 0.2) is 0 Å². The van der Waals surface area contributed by atoms with E-state index in [9.17, 15) is 19.2 Å². The van der Waals surface area contributed by atoms with Crippen LogP contribution in [0.3, 0.4) is 0 Å². The van der Waals surface area contributed by atoms with E-state index in [1.165, 1.54) is 11.2 Å². The van der Waals surface area contributed by atoms with Crippen LogP contribution in [0, 0.1) is 0 Å². The maximum absolute atomic E-state index is 13.2. The number of primary amides is 1. The van der Waals surface area contributed by atoms with Crippen LogP contribution < -0.4 is 16.4 Å². The van der Waals surface area contributed by atoms with Gasteiger partial charge in [-0.1, -0.05) is 18.2 Å². The highest BCUT2D eigenvalue weighted by molar-refractivity contribution is 6.01. The molecule has 0 saturated carbocycles. The Bertz CT molecular complexity index is 1010. The second-order valence-corrected chi connectivity index (χ2v) is 7.82. The minimum atomic E-state index is -0.929. The molecular formula is C21H24N6O4. The fraction of sp³-hybridized carbons (Fsp3) is 0.381. The van der Waals surface area contributed by atoms with Gasteiger partial charge in [0.05, 0.1) is 6.33 Å². The molecule has 1 fully saturated rings. The molecule has 0 unspecified atom stereocenters. The number of aromatic amines is 1. The number of nitrogens with zero attached hydrogens (tertiary/aromatic N) is 2. The molecule has 4 rings (SSSR count). The highest BCUT2D eigenvalue weighted by Crippen LogP contribution is 2.20. The molecule has 10 heteroatoms. The van der Waals surface area contributed by atoms with Gasteiger partial charge in [0.25, 0.3) is 5.91 Å². The number of nitrogens with one attached hydrogen (secondary N) is 3. The molecule has 10 nitrogen and oxygen atoms in total. The van der Waals surface area contributed by atoms with Crippen LogP contribution in [-0.4, -0.2) is 63.2 Å². The van der Waals surface area contributed by atoms with Crippen molar-refractivity contribution in [3.63, 3.8) is 0 Å². The van der Waals surface area contributed by atoms with Crippen LogP contribution in [0.5, 0.6) is 0 Å². The largest absolute Gasteiger partial charge is 0.368 e. The van der Waals surface area contributed by atoms with Crippen molar-refractivity contribution in [2.75, 3.05) is 6.54 Å². The van der Waals surface area contributed by atoms with Crippen molar-refractivity contribution in [2.45, 2.75) is 43.8 Å². The van der Waals surface area contributed by atoms with Crippen LogP contribution in [0.1, 0.15) is 34.5 Å². The number of rotatable bonds is 6. The third-order valence-electron chi connectivity index (χ3n) is 5.77. The Kier molecular flexibility index (Phi) is 5.70. The number of carbonyl (C=O) groups is 4. The predicted molar refractivity (Wildman–Crippen MR) is 110 cm³/mol. The highest BCUT2D eigenvalue weighted by atomic mass is 16.2. The lowest BCUT2D eigenvalue weighted by Crippen LogP contribution is -2.58. The fourth-order valence-electron chi connectivity index (χ4n) is 4.20. The Morgan fingerprint density at radius 1 is 1.29 bits per heavy atom. The van der Waals surface area contributed by atoms with Gasteiger partial charge >= 0.3 is 0 Å². The van der Waals surface area contributed by atoms with Crippen LogP contribution >= 0.6 is 0 Å². The molecule has 1 aromatic heterocycles. The van der Waals surface area contributed by atoms with Crippen molar-refractivity contribution in [2.24, 2.45) is 5.73 Å². The Hall–Kier alpha value is -3.69. The van der Waals surface area contributed by atoms with E-state index >= 15 is 0 Å². The van der Waals surface area contributed by atoms with Crippen molar-refractivity contribution < 1.29 is 19.2 Å². The average molecular weight is 424 g/mol. The summed E-state index contributed by atoms with van der Waals surface area (Å²) in [5.74, 6) is -1.73. The van der Waals surface area contributed by atoms with Crippen LogP contribution in [0.4, 0.5) is 0 Å². The third-order valence-corrected chi connectivity index (χ3v) is 5.77. The van der Waals surface area contributed by atoms with Gasteiger partial charge in [0, 0.05) is 36.8 Å². The molecular weight excluding hydrogens is 400 g/mol. The molecule has 2 aliphatic heterocycles. The van der Waals surface area contributed by atoms with Gasteiger partial charge in [-0.25, -0.2) is 4.98 Å². The first-order valence-corrected chi connectivity index (χ1v) is 10.2. The summed E-state index contributed by atoms with van der Waals surface area (Å²) in [6.45, 7) is 0.398. The molecule has 3 heterocycles. The number of imidazole rings is 1. The molecule has 0 radical (unpaired) electrons. The molecule has 1 saturated heterocycles. The van der Waals surface area contributed by atoms with E-state index in [0.717, 1.165) is 5.56 Å². The second-order valence-electron chi connectivity index (χ2n) is 7.82. The smallest absolute Gasteiger partial charge is 0.252 e. The number of aromatic nitrogens is 2. The number of H-pyrrole nitrogens is 1. The maximum Gasteiger partial charge on any atom is 0.252 e. The molecule has 1 aromatic carbocycles. The Morgan fingerprint density at radius 2 is 2.10 bits per heavy atom. The molecule has 0 spiro atoms. The SMILES string of the molecule is NC(=O)[C@@H]1CCCN1C(=O)[C@H](Cc1cnc[nH]1)NC(=O)[C@@H]1Cc2ccccc2C(=O)N1. The van der Waals surface area contributed by atoms with Crippen molar-refractivity contribution >= 4 is 23.6 Å². The number of amides is 4. The first-order chi connectivity index (χ1) is 14.9. The summed E-state index contributed by atoms with van der Waals surface area (Å²) in [5.41, 5.74) is 7.43. The van der Waals surface area contributed by atoms with Gasteiger partial charge in [0.2, 0.25) is 17.7 Å². The number of hydrogen-bond acceptors (Lipinski definition) is 5. The van der Waals surface area contributed by atoms with Crippen molar-refractivity contribution in [3.05, 3.63) is 53.6 Å². The van der Waals surface area contributed by atoms with Gasteiger partial charge in [-0.05, 0) is 24.5 Å². The molecule has 0 aliphatic carbocycles. The summed E-state index contributed by atoms with van der Waals surface area (Å²) in [7, 11) is 0. The van der Waals surface area contributed by atoms with E-state index < -0.39 is 29.9 Å². The van der Waals surface area contributed by atoms with Crippen LogP contribution in [0.2, 0.25) is 0 Å². The lowest BCUT2D eigenvalue weighted by atomic mass is 9.94. The molecule has 3 atom stereocenters. The Labute approximate surface area is 178 Å². The molecule has 31 heavy (non-hydrogen) atoms. The minimum absolute atomic E-state index is 0.170. The normalized spacial score (nSPS) is 21.2. The summed E-state index contributed by atoms with van der Waals surface area (Å²) < 4.78 is 0. The van der Waals surface area contributed by atoms with Gasteiger partial charge in [-0.3, -0.25) is 19.2 Å². The quantitative estimate of drug-likeness (QED) is 0.482. The van der Waals surface area contributed by atoms with E-state index in [2.05, 4.69) is 20.6 Å². The first kappa shape index (κ1) is 20.6. The van der Waals surface area contributed by atoms with Gasteiger partial charge in [-0.15, -0.1) is 0 Å². The lowest BCUT2D eigenvalue weighted by Gasteiger charge is -2.30. The van der Waals surface area contributed by atoms with E-state index in [4.69, 9.17) is 5.73 Å². The molecule has 162 valence electrons. The fourth-order valence-corrected chi connectivity index (χ4v) is 4.20. The summed E-state index contributed by atoms with van der Waals surface area (Å²) >= 11 is 0. The summed E-state index contributed by atoms with van der Waals surface area (Å²) in [6.07, 6.45) is 4.72. The van der Waals surface area contributed by atoms with E-state index in [0.29, 0.717) is 37.1 Å². The first-order valence-electron chi connectivity index (χ1n) is 10.2. The maximum atomic E-state index is 13.2. The number of likely N-dealkylation sites (tertiary alicyclic amines) is 1. The molecule has 2 aromatic rings. The third kappa shape index (κ3) is 4.27. The highest BCUT2D eigenvalue weighted by Gasteiger charge is 2.38. The van der Waals surface area contributed by atoms with E-state index in [-0.39, 0.29) is 18.2 Å². The van der Waals surface area contributed by atoms with Crippen LogP contribution in [0.25, 0.3) is 0 Å². The predicted octanol–water partition coefficient (Wildman–Crippen LogP) is -0.732. The van der Waals surface area contributed by atoms with Crippen LogP contribution in [0.15, 0.2) is 36.8 Å². The lowest BCUT2D eigenvalue weighted by molar-refractivity contribution is -0.140. The Morgan fingerprint density at radius 3 is 2.84 bits per heavy atom. The zero-order valence-corrected chi connectivity index (χ0v) is 16.8. The summed E-state index contributed by atoms with van der Waals surface area (Å²) in [5, 5.41) is 5.47. The molecule has 4 amide bonds. The van der Waals surface area contributed by atoms with E-state index in [1.54, 1.807) is 18.3 Å². The van der Waals surface area contributed by atoms with Crippen molar-refractivity contribution in [1.29, 1.82) is 0 Å². The number of carbonyl (C=O) groups excluding carboxylic acids is 4. The molecule has 0 bridgehead atoms. The van der Waals surface area contributed by atoms with Crippen molar-refractivity contribution in [1.82, 2.24) is 25.5 Å². The minimum Gasteiger partial charge on any atom is -0.368 e. The number of benzene rings is 1. The van der Waals surface area contributed by atoms with Gasteiger partial charge in [0.1, 0.15) is 18.1 Å². The Balaban J connectivity index is 1.52. The van der Waals surface area contributed by atoms with E-state index in [1.807, 2.05) is 12.1 Å². The second kappa shape index (κ2) is 8.58.